The van der Waals surface area contributed by atoms with Crippen molar-refractivity contribution in [3.63, 3.8) is 0 Å². The Morgan fingerprint density at radius 3 is 2.53 bits per heavy atom. The number of aliphatic hydroxyl groups excluding tert-OH is 1. The fourth-order valence-electron chi connectivity index (χ4n) is 1.93. The number of hydrogen-bond donors (Lipinski definition) is 1. The highest BCUT2D eigenvalue weighted by Crippen LogP contribution is 2.21. The van der Waals surface area contributed by atoms with Gasteiger partial charge in [0.25, 0.3) is 0 Å². The van der Waals surface area contributed by atoms with E-state index in [1.807, 2.05) is 56.3 Å². The maximum absolute atomic E-state index is 9.83. The predicted molar refractivity (Wildman–Crippen MR) is 75.0 cm³/mol. The van der Waals surface area contributed by atoms with E-state index in [0.717, 1.165) is 16.8 Å². The molecule has 19 heavy (non-hydrogen) atoms. The van der Waals surface area contributed by atoms with Gasteiger partial charge in [-0.2, -0.15) is 0 Å². The van der Waals surface area contributed by atoms with Crippen molar-refractivity contribution in [3.8, 4) is 5.88 Å². The van der Waals surface area contributed by atoms with Crippen molar-refractivity contribution in [2.24, 2.45) is 0 Å². The predicted octanol–water partition coefficient (Wildman–Crippen LogP) is 3.41. The minimum Gasteiger partial charge on any atom is -0.473 e. The van der Waals surface area contributed by atoms with Gasteiger partial charge in [-0.3, -0.25) is 0 Å². The second-order valence-electron chi connectivity index (χ2n) is 4.52. The maximum Gasteiger partial charge on any atom is 0.213 e. The van der Waals surface area contributed by atoms with Crippen molar-refractivity contribution in [2.45, 2.75) is 33.0 Å². The largest absolute Gasteiger partial charge is 0.473 e. The van der Waals surface area contributed by atoms with Crippen LogP contribution in [0.15, 0.2) is 42.5 Å². The molecular formula is C16H19NO2. The van der Waals surface area contributed by atoms with E-state index in [4.69, 9.17) is 4.74 Å². The third kappa shape index (κ3) is 3.55. The molecule has 0 bridgehead atoms. The van der Waals surface area contributed by atoms with Crippen molar-refractivity contribution in [3.05, 3.63) is 59.3 Å². The quantitative estimate of drug-likeness (QED) is 0.892. The second kappa shape index (κ2) is 6.34. The molecule has 0 saturated heterocycles. The summed E-state index contributed by atoms with van der Waals surface area (Å²) in [5, 5.41) is 9.83. The highest BCUT2D eigenvalue weighted by molar-refractivity contribution is 5.27. The first-order valence-corrected chi connectivity index (χ1v) is 6.53. The van der Waals surface area contributed by atoms with Crippen molar-refractivity contribution in [2.75, 3.05) is 0 Å². The molecule has 1 unspecified atom stereocenters. The Morgan fingerprint density at radius 1 is 1.16 bits per heavy atom. The third-order valence-electron chi connectivity index (χ3n) is 3.08. The summed E-state index contributed by atoms with van der Waals surface area (Å²) >= 11 is 0. The standard InChI is InChI=1S/C16H19NO2/c1-3-15(18)14-9-10-16(17-12(14)2)19-11-13-7-5-4-6-8-13/h4-10,15,18H,3,11H2,1-2H3. The van der Waals surface area contributed by atoms with E-state index < -0.39 is 6.10 Å². The Morgan fingerprint density at radius 2 is 1.89 bits per heavy atom. The molecule has 0 spiro atoms. The first-order valence-electron chi connectivity index (χ1n) is 6.53. The minimum atomic E-state index is -0.448. The van der Waals surface area contributed by atoms with Crippen molar-refractivity contribution in [1.82, 2.24) is 4.98 Å². The Balaban J connectivity index is 2.04. The molecule has 1 aromatic heterocycles. The minimum absolute atomic E-state index is 0.448. The van der Waals surface area contributed by atoms with Crippen molar-refractivity contribution < 1.29 is 9.84 Å². The lowest BCUT2D eigenvalue weighted by molar-refractivity contribution is 0.172. The summed E-state index contributed by atoms with van der Waals surface area (Å²) in [5.41, 5.74) is 2.80. The molecule has 1 N–H and O–H groups in total. The molecule has 0 fully saturated rings. The van der Waals surface area contributed by atoms with Crippen molar-refractivity contribution in [1.29, 1.82) is 0 Å². The van der Waals surface area contributed by atoms with Crippen LogP contribution in [0.4, 0.5) is 0 Å². The third-order valence-corrected chi connectivity index (χ3v) is 3.08. The van der Waals surface area contributed by atoms with Crippen LogP contribution in [0.5, 0.6) is 5.88 Å². The number of nitrogens with zero attached hydrogens (tertiary/aromatic N) is 1. The second-order valence-corrected chi connectivity index (χ2v) is 4.52. The van der Waals surface area contributed by atoms with Crippen LogP contribution in [0.1, 0.15) is 36.3 Å². The average molecular weight is 257 g/mol. The van der Waals surface area contributed by atoms with Crippen molar-refractivity contribution >= 4 is 0 Å². The zero-order valence-corrected chi connectivity index (χ0v) is 11.3. The van der Waals surface area contributed by atoms with E-state index in [-0.39, 0.29) is 0 Å². The van der Waals surface area contributed by atoms with Crippen LogP contribution in [0.25, 0.3) is 0 Å². The molecule has 0 aliphatic rings. The van der Waals surface area contributed by atoms with E-state index in [1.54, 1.807) is 0 Å². The summed E-state index contributed by atoms with van der Waals surface area (Å²) in [6.07, 6.45) is 0.239. The number of aryl methyl sites for hydroxylation is 1. The van der Waals surface area contributed by atoms with Gasteiger partial charge < -0.3 is 9.84 Å². The van der Waals surface area contributed by atoms with E-state index in [0.29, 0.717) is 18.9 Å². The first kappa shape index (κ1) is 13.6. The van der Waals surface area contributed by atoms with E-state index in [1.165, 1.54) is 0 Å². The van der Waals surface area contributed by atoms with Gasteiger partial charge in [0.1, 0.15) is 6.61 Å². The Labute approximate surface area is 113 Å². The van der Waals surface area contributed by atoms with Gasteiger partial charge in [0.2, 0.25) is 5.88 Å². The van der Waals surface area contributed by atoms with Crippen LogP contribution >= 0.6 is 0 Å². The molecular weight excluding hydrogens is 238 g/mol. The molecule has 3 heteroatoms. The summed E-state index contributed by atoms with van der Waals surface area (Å²) in [4.78, 5) is 4.38. The number of ether oxygens (including phenoxy) is 1. The van der Waals surface area contributed by atoms with Crippen LogP contribution < -0.4 is 4.74 Å². The molecule has 1 atom stereocenters. The summed E-state index contributed by atoms with van der Waals surface area (Å²) in [5.74, 6) is 0.591. The Hall–Kier alpha value is -1.87. The molecule has 0 aliphatic carbocycles. The Kier molecular flexibility index (Phi) is 4.53. The molecule has 1 aromatic carbocycles. The zero-order valence-electron chi connectivity index (χ0n) is 11.3. The number of pyridine rings is 1. The molecule has 0 saturated carbocycles. The van der Waals surface area contributed by atoms with E-state index in [2.05, 4.69) is 4.98 Å². The van der Waals surface area contributed by atoms with Gasteiger partial charge in [-0.25, -0.2) is 4.98 Å². The molecule has 0 radical (unpaired) electrons. The lowest BCUT2D eigenvalue weighted by Gasteiger charge is -2.12. The van der Waals surface area contributed by atoms with E-state index >= 15 is 0 Å². The zero-order chi connectivity index (χ0) is 13.7. The Bertz CT molecular complexity index is 526. The van der Waals surface area contributed by atoms with Crippen LogP contribution in [-0.4, -0.2) is 10.1 Å². The van der Waals surface area contributed by atoms with Gasteiger partial charge >= 0.3 is 0 Å². The van der Waals surface area contributed by atoms with E-state index in [9.17, 15) is 5.11 Å². The first-order chi connectivity index (χ1) is 9.20. The summed E-state index contributed by atoms with van der Waals surface area (Å²) in [6.45, 7) is 4.34. The fourth-order valence-corrected chi connectivity index (χ4v) is 1.93. The topological polar surface area (TPSA) is 42.4 Å². The van der Waals surface area contributed by atoms with Gasteiger partial charge in [0.05, 0.1) is 6.10 Å². The molecule has 1 heterocycles. The molecule has 0 aliphatic heterocycles. The lowest BCUT2D eigenvalue weighted by Crippen LogP contribution is -2.03. The SMILES string of the molecule is CCC(O)c1ccc(OCc2ccccc2)nc1C. The van der Waals surface area contributed by atoms with Gasteiger partial charge in [0, 0.05) is 17.3 Å². The highest BCUT2D eigenvalue weighted by atomic mass is 16.5. The monoisotopic (exact) mass is 257 g/mol. The van der Waals surface area contributed by atoms with Gasteiger partial charge in [-0.05, 0) is 25.0 Å². The van der Waals surface area contributed by atoms with Crippen LogP contribution in [-0.2, 0) is 6.61 Å². The molecule has 0 amide bonds. The average Bonchev–Trinajstić information content (AvgIpc) is 2.45. The summed E-state index contributed by atoms with van der Waals surface area (Å²) in [7, 11) is 0. The van der Waals surface area contributed by atoms with Gasteiger partial charge in [-0.15, -0.1) is 0 Å². The lowest BCUT2D eigenvalue weighted by atomic mass is 10.1. The summed E-state index contributed by atoms with van der Waals surface area (Å²) < 4.78 is 5.65. The molecule has 3 nitrogen and oxygen atoms in total. The van der Waals surface area contributed by atoms with Gasteiger partial charge in [0.15, 0.2) is 0 Å². The number of hydrogen-bond acceptors (Lipinski definition) is 3. The fraction of sp³-hybridized carbons (Fsp3) is 0.312. The number of rotatable bonds is 5. The van der Waals surface area contributed by atoms with Crippen LogP contribution in [0, 0.1) is 6.92 Å². The number of benzene rings is 1. The molecule has 2 aromatic rings. The maximum atomic E-state index is 9.83. The summed E-state index contributed by atoms with van der Waals surface area (Å²) in [6, 6.07) is 13.7. The normalized spacial score (nSPS) is 12.2. The van der Waals surface area contributed by atoms with Gasteiger partial charge in [-0.1, -0.05) is 37.3 Å². The van der Waals surface area contributed by atoms with Crippen LogP contribution in [0.3, 0.4) is 0 Å². The molecule has 100 valence electrons. The van der Waals surface area contributed by atoms with Crippen LogP contribution in [0.2, 0.25) is 0 Å². The smallest absolute Gasteiger partial charge is 0.213 e. The highest BCUT2D eigenvalue weighted by Gasteiger charge is 2.10. The molecule has 2 rings (SSSR count). The number of aromatic nitrogens is 1. The number of aliphatic hydroxyl groups is 1.